The minimum absolute atomic E-state index is 0.226. The normalized spacial score (nSPS) is 20.5. The first kappa shape index (κ1) is 14.2. The number of aliphatic hydroxyl groups is 1. The van der Waals surface area contributed by atoms with Gasteiger partial charge in [0, 0.05) is 22.6 Å². The molecule has 0 amide bonds. The van der Waals surface area contributed by atoms with E-state index in [-0.39, 0.29) is 6.10 Å². The second-order valence-corrected chi connectivity index (χ2v) is 5.45. The first-order valence-electron chi connectivity index (χ1n) is 7.05. The van der Waals surface area contributed by atoms with Crippen molar-refractivity contribution in [1.82, 2.24) is 0 Å². The second-order valence-electron chi connectivity index (χ2n) is 5.01. The molecular weight excluding hydrogens is 288 g/mol. The largest absolute Gasteiger partial charge is 0.493 e. The summed E-state index contributed by atoms with van der Waals surface area (Å²) < 4.78 is 11.7. The summed E-state index contributed by atoms with van der Waals surface area (Å²) in [6, 6.07) is 13.1. The summed E-state index contributed by atoms with van der Waals surface area (Å²) in [7, 11) is 0. The van der Waals surface area contributed by atoms with E-state index in [9.17, 15) is 5.11 Å². The van der Waals surface area contributed by atoms with Crippen molar-refractivity contribution in [3.05, 3.63) is 58.6 Å². The van der Waals surface area contributed by atoms with Crippen LogP contribution in [0.5, 0.6) is 11.5 Å². The zero-order valence-corrected chi connectivity index (χ0v) is 12.5. The fraction of sp³-hybridized carbons (Fsp3) is 0.294. The highest BCUT2D eigenvalue weighted by molar-refractivity contribution is 6.30. The van der Waals surface area contributed by atoms with E-state index in [2.05, 4.69) is 0 Å². The Morgan fingerprint density at radius 1 is 1.24 bits per heavy atom. The first-order chi connectivity index (χ1) is 10.2. The van der Waals surface area contributed by atoms with Crippen molar-refractivity contribution >= 4 is 11.6 Å². The topological polar surface area (TPSA) is 38.7 Å². The Morgan fingerprint density at radius 3 is 2.86 bits per heavy atom. The number of hydrogen-bond acceptors (Lipinski definition) is 3. The van der Waals surface area contributed by atoms with E-state index in [1.165, 1.54) is 0 Å². The molecule has 0 bridgehead atoms. The monoisotopic (exact) mass is 304 g/mol. The van der Waals surface area contributed by atoms with Gasteiger partial charge in [-0.3, -0.25) is 0 Å². The van der Waals surface area contributed by atoms with Gasteiger partial charge in [-0.15, -0.1) is 0 Å². The number of halogens is 1. The van der Waals surface area contributed by atoms with E-state index in [1.807, 2.05) is 31.2 Å². The van der Waals surface area contributed by atoms with E-state index in [0.29, 0.717) is 23.8 Å². The highest BCUT2D eigenvalue weighted by atomic mass is 35.5. The van der Waals surface area contributed by atoms with Crippen LogP contribution in [0, 0.1) is 0 Å². The molecular formula is C17H17ClO3. The maximum atomic E-state index is 10.4. The van der Waals surface area contributed by atoms with Gasteiger partial charge >= 0.3 is 0 Å². The Bertz CT molecular complexity index is 642. The van der Waals surface area contributed by atoms with Gasteiger partial charge in [-0.1, -0.05) is 29.8 Å². The van der Waals surface area contributed by atoms with Gasteiger partial charge in [0.05, 0.1) is 12.7 Å². The molecule has 1 N–H and O–H groups in total. The zero-order chi connectivity index (χ0) is 14.8. The molecule has 1 aliphatic heterocycles. The van der Waals surface area contributed by atoms with Crippen LogP contribution >= 0.6 is 11.6 Å². The Kier molecular flexibility index (Phi) is 4.04. The Hall–Kier alpha value is -1.71. The van der Waals surface area contributed by atoms with Crippen molar-refractivity contribution in [1.29, 1.82) is 0 Å². The Morgan fingerprint density at radius 2 is 2.05 bits per heavy atom. The molecule has 21 heavy (non-hydrogen) atoms. The molecule has 1 unspecified atom stereocenters. The minimum Gasteiger partial charge on any atom is -0.493 e. The Balaban J connectivity index is 1.94. The van der Waals surface area contributed by atoms with Crippen molar-refractivity contribution in [3.8, 4) is 11.5 Å². The zero-order valence-electron chi connectivity index (χ0n) is 11.8. The molecule has 3 nitrogen and oxygen atoms in total. The lowest BCUT2D eigenvalue weighted by Gasteiger charge is -2.30. The van der Waals surface area contributed by atoms with E-state index in [1.54, 1.807) is 18.2 Å². The number of benzene rings is 2. The van der Waals surface area contributed by atoms with Crippen molar-refractivity contribution in [2.75, 3.05) is 6.61 Å². The summed E-state index contributed by atoms with van der Waals surface area (Å²) in [6.07, 6.45) is -0.333. The van der Waals surface area contributed by atoms with E-state index >= 15 is 0 Å². The van der Waals surface area contributed by atoms with Crippen molar-refractivity contribution in [3.63, 3.8) is 0 Å². The lowest BCUT2D eigenvalue weighted by atomic mass is 9.94. The molecule has 0 aromatic heterocycles. The van der Waals surface area contributed by atoms with Crippen LogP contribution in [0.3, 0.4) is 0 Å². The predicted molar refractivity (Wildman–Crippen MR) is 82.0 cm³/mol. The summed E-state index contributed by atoms with van der Waals surface area (Å²) in [5, 5.41) is 11.0. The quantitative estimate of drug-likeness (QED) is 0.919. The minimum atomic E-state index is -0.591. The summed E-state index contributed by atoms with van der Waals surface area (Å²) in [4.78, 5) is 0. The molecule has 110 valence electrons. The van der Waals surface area contributed by atoms with Crippen molar-refractivity contribution < 1.29 is 14.6 Å². The van der Waals surface area contributed by atoms with Gasteiger partial charge in [0.2, 0.25) is 0 Å². The highest BCUT2D eigenvalue weighted by Crippen LogP contribution is 2.43. The second kappa shape index (κ2) is 5.96. The number of ether oxygens (including phenoxy) is 2. The van der Waals surface area contributed by atoms with Crippen LogP contribution in [-0.2, 0) is 0 Å². The van der Waals surface area contributed by atoms with Gasteiger partial charge in [0.1, 0.15) is 17.6 Å². The number of rotatable bonds is 3. The fourth-order valence-electron chi connectivity index (χ4n) is 2.64. The smallest absolute Gasteiger partial charge is 0.130 e. The maximum Gasteiger partial charge on any atom is 0.130 e. The third-order valence-corrected chi connectivity index (χ3v) is 3.84. The van der Waals surface area contributed by atoms with Crippen LogP contribution < -0.4 is 9.47 Å². The molecule has 3 rings (SSSR count). The summed E-state index contributed by atoms with van der Waals surface area (Å²) in [6.45, 7) is 2.54. The van der Waals surface area contributed by atoms with Crippen LogP contribution in [0.4, 0.5) is 0 Å². The molecule has 4 heteroatoms. The van der Waals surface area contributed by atoms with Crippen molar-refractivity contribution in [2.45, 2.75) is 25.6 Å². The van der Waals surface area contributed by atoms with Crippen LogP contribution in [0.25, 0.3) is 0 Å². The average molecular weight is 305 g/mol. The van der Waals surface area contributed by atoms with Crippen molar-refractivity contribution in [2.24, 2.45) is 0 Å². The fourth-order valence-corrected chi connectivity index (χ4v) is 2.82. The van der Waals surface area contributed by atoms with E-state index in [0.717, 1.165) is 16.9 Å². The van der Waals surface area contributed by atoms with Gasteiger partial charge in [-0.25, -0.2) is 0 Å². The maximum absolute atomic E-state index is 10.4. The third kappa shape index (κ3) is 2.85. The van der Waals surface area contributed by atoms with Gasteiger partial charge < -0.3 is 14.6 Å². The standard InChI is InChI=1S/C17H17ClO3/c1-2-20-15-6-4-3-5-12(15)17-10-14(19)13-9-11(18)7-8-16(13)21-17/h3-9,14,17,19H,2,10H2,1H3/t14-,17?/m0/s1. The van der Waals surface area contributed by atoms with Crippen LogP contribution in [-0.4, -0.2) is 11.7 Å². The molecule has 2 atom stereocenters. The van der Waals surface area contributed by atoms with Gasteiger partial charge in [0.25, 0.3) is 0 Å². The van der Waals surface area contributed by atoms with Gasteiger partial charge in [0.15, 0.2) is 0 Å². The Labute approximate surface area is 129 Å². The van der Waals surface area contributed by atoms with Crippen LogP contribution in [0.2, 0.25) is 5.02 Å². The molecule has 2 aromatic carbocycles. The lowest BCUT2D eigenvalue weighted by Crippen LogP contribution is -2.19. The average Bonchev–Trinajstić information content (AvgIpc) is 2.49. The molecule has 1 aliphatic rings. The molecule has 2 aromatic rings. The molecule has 0 spiro atoms. The van der Waals surface area contributed by atoms with Crippen LogP contribution in [0.1, 0.15) is 36.7 Å². The predicted octanol–water partition coefficient (Wildman–Crippen LogP) is 4.30. The molecule has 0 saturated carbocycles. The highest BCUT2D eigenvalue weighted by Gasteiger charge is 2.29. The lowest BCUT2D eigenvalue weighted by molar-refractivity contribution is 0.0642. The molecule has 0 saturated heterocycles. The molecule has 0 fully saturated rings. The van der Waals surface area contributed by atoms with E-state index in [4.69, 9.17) is 21.1 Å². The molecule has 0 aliphatic carbocycles. The van der Waals surface area contributed by atoms with Crippen LogP contribution in [0.15, 0.2) is 42.5 Å². The SMILES string of the molecule is CCOc1ccccc1C1C[C@H](O)c2cc(Cl)ccc2O1. The van der Waals surface area contributed by atoms with Gasteiger partial charge in [-0.2, -0.15) is 0 Å². The third-order valence-electron chi connectivity index (χ3n) is 3.60. The first-order valence-corrected chi connectivity index (χ1v) is 7.42. The number of fused-ring (bicyclic) bond motifs is 1. The number of para-hydroxylation sites is 1. The summed E-state index contributed by atoms with van der Waals surface area (Å²) >= 11 is 5.98. The number of hydrogen-bond donors (Lipinski definition) is 1. The summed E-state index contributed by atoms with van der Waals surface area (Å²) in [5.74, 6) is 1.48. The molecule has 1 heterocycles. The van der Waals surface area contributed by atoms with Gasteiger partial charge in [-0.05, 0) is 31.2 Å². The molecule has 0 radical (unpaired) electrons. The summed E-state index contributed by atoms with van der Waals surface area (Å²) in [5.41, 5.74) is 1.70. The van der Waals surface area contributed by atoms with E-state index < -0.39 is 6.10 Å². The number of aliphatic hydroxyl groups excluding tert-OH is 1.